The number of amides is 2. The Morgan fingerprint density at radius 2 is 1.91 bits per heavy atom. The highest BCUT2D eigenvalue weighted by Crippen LogP contribution is 2.23. The minimum Gasteiger partial charge on any atom is -0.324 e. The molecule has 1 N–H and O–H groups in total. The lowest BCUT2D eigenvalue weighted by Gasteiger charge is -2.21. The van der Waals surface area contributed by atoms with Crippen molar-refractivity contribution in [1.29, 1.82) is 0 Å². The molecule has 23 heavy (non-hydrogen) atoms. The van der Waals surface area contributed by atoms with Crippen molar-refractivity contribution in [2.24, 2.45) is 0 Å². The highest BCUT2D eigenvalue weighted by atomic mass is 79.9. The zero-order valence-corrected chi connectivity index (χ0v) is 15.1. The van der Waals surface area contributed by atoms with Gasteiger partial charge in [-0.05, 0) is 42.8 Å². The van der Waals surface area contributed by atoms with E-state index in [1.54, 1.807) is 30.3 Å². The summed E-state index contributed by atoms with van der Waals surface area (Å²) in [6, 6.07) is 12.5. The molecule has 0 aliphatic heterocycles. The lowest BCUT2D eigenvalue weighted by Crippen LogP contribution is -2.36. The van der Waals surface area contributed by atoms with E-state index < -0.39 is 0 Å². The van der Waals surface area contributed by atoms with Crippen molar-refractivity contribution in [3.05, 3.63) is 57.5 Å². The number of hydrogen-bond donors (Lipinski definition) is 1. The van der Waals surface area contributed by atoms with Gasteiger partial charge in [-0.1, -0.05) is 39.7 Å². The molecule has 0 aromatic heterocycles. The van der Waals surface area contributed by atoms with E-state index in [0.29, 0.717) is 16.4 Å². The Labute approximate surface area is 148 Å². The topological polar surface area (TPSA) is 49.4 Å². The number of anilines is 2. The molecule has 0 radical (unpaired) electrons. The maximum Gasteiger partial charge on any atom is 0.244 e. The van der Waals surface area contributed by atoms with Gasteiger partial charge in [-0.15, -0.1) is 0 Å². The van der Waals surface area contributed by atoms with Gasteiger partial charge in [-0.2, -0.15) is 0 Å². The first-order chi connectivity index (χ1) is 10.9. The number of benzene rings is 2. The van der Waals surface area contributed by atoms with Crippen molar-refractivity contribution in [1.82, 2.24) is 0 Å². The summed E-state index contributed by atoms with van der Waals surface area (Å²) in [6.07, 6.45) is 0. The first kappa shape index (κ1) is 17.5. The van der Waals surface area contributed by atoms with Gasteiger partial charge in [-0.3, -0.25) is 9.59 Å². The van der Waals surface area contributed by atoms with Gasteiger partial charge in [0, 0.05) is 27.8 Å². The number of hydrogen-bond acceptors (Lipinski definition) is 2. The Kier molecular flexibility index (Phi) is 5.80. The predicted molar refractivity (Wildman–Crippen MR) is 97.0 cm³/mol. The van der Waals surface area contributed by atoms with Crippen molar-refractivity contribution in [2.45, 2.75) is 13.8 Å². The summed E-state index contributed by atoms with van der Waals surface area (Å²) in [4.78, 5) is 25.6. The van der Waals surface area contributed by atoms with Crippen LogP contribution in [0.3, 0.4) is 0 Å². The Morgan fingerprint density at radius 3 is 2.57 bits per heavy atom. The summed E-state index contributed by atoms with van der Waals surface area (Å²) >= 11 is 9.41. The molecule has 0 heterocycles. The standard InChI is InChI=1S/C17H16BrClN2O2/c1-11-15(19)7-4-8-16(11)20-17(23)10-21(12(2)22)14-6-3-5-13(18)9-14/h3-9H,10H2,1-2H3,(H,20,23). The predicted octanol–water partition coefficient (Wildman–Crippen LogP) is 4.40. The molecule has 6 heteroatoms. The first-order valence-electron chi connectivity index (χ1n) is 6.97. The van der Waals surface area contributed by atoms with Gasteiger partial charge in [0.2, 0.25) is 11.8 Å². The summed E-state index contributed by atoms with van der Waals surface area (Å²) in [6.45, 7) is 3.19. The van der Waals surface area contributed by atoms with Crippen LogP contribution in [-0.4, -0.2) is 18.4 Å². The van der Waals surface area contributed by atoms with Crippen LogP contribution in [0.15, 0.2) is 46.9 Å². The first-order valence-corrected chi connectivity index (χ1v) is 8.14. The molecule has 0 atom stereocenters. The molecule has 120 valence electrons. The van der Waals surface area contributed by atoms with E-state index in [-0.39, 0.29) is 18.4 Å². The van der Waals surface area contributed by atoms with Gasteiger partial charge in [0.25, 0.3) is 0 Å². The van der Waals surface area contributed by atoms with E-state index in [0.717, 1.165) is 10.0 Å². The minimum atomic E-state index is -0.287. The summed E-state index contributed by atoms with van der Waals surface area (Å²) in [5.41, 5.74) is 2.09. The normalized spacial score (nSPS) is 10.3. The number of rotatable bonds is 4. The highest BCUT2D eigenvalue weighted by molar-refractivity contribution is 9.10. The van der Waals surface area contributed by atoms with Gasteiger partial charge in [0.05, 0.1) is 0 Å². The number of carbonyl (C=O) groups excluding carboxylic acids is 2. The maximum atomic E-state index is 12.3. The zero-order valence-electron chi connectivity index (χ0n) is 12.8. The van der Waals surface area contributed by atoms with Crippen LogP contribution in [-0.2, 0) is 9.59 Å². The quantitative estimate of drug-likeness (QED) is 0.834. The Balaban J connectivity index is 2.16. The van der Waals surface area contributed by atoms with Crippen molar-refractivity contribution in [3.63, 3.8) is 0 Å². The Morgan fingerprint density at radius 1 is 1.22 bits per heavy atom. The third kappa shape index (κ3) is 4.56. The number of carbonyl (C=O) groups is 2. The molecule has 0 aliphatic carbocycles. The van der Waals surface area contributed by atoms with Gasteiger partial charge < -0.3 is 10.2 Å². The Bertz CT molecular complexity index is 749. The van der Waals surface area contributed by atoms with Gasteiger partial charge in [0.1, 0.15) is 6.54 Å². The summed E-state index contributed by atoms with van der Waals surface area (Å²) in [5.74, 6) is -0.494. The van der Waals surface area contributed by atoms with E-state index in [2.05, 4.69) is 21.2 Å². The smallest absolute Gasteiger partial charge is 0.244 e. The third-order valence-electron chi connectivity index (χ3n) is 3.34. The molecule has 4 nitrogen and oxygen atoms in total. The fourth-order valence-corrected chi connectivity index (χ4v) is 2.67. The summed E-state index contributed by atoms with van der Waals surface area (Å²) < 4.78 is 0.840. The molecule has 2 aromatic rings. The average molecular weight is 396 g/mol. The lowest BCUT2D eigenvalue weighted by molar-refractivity contribution is -0.120. The molecule has 0 bridgehead atoms. The second-order valence-corrected chi connectivity index (χ2v) is 6.37. The highest BCUT2D eigenvalue weighted by Gasteiger charge is 2.17. The molecule has 0 aliphatic rings. The molecule has 0 unspecified atom stereocenters. The average Bonchev–Trinajstić information content (AvgIpc) is 2.49. The van der Waals surface area contributed by atoms with Crippen molar-refractivity contribution >= 4 is 50.7 Å². The molecular formula is C17H16BrClN2O2. The molecule has 2 amide bonds. The second-order valence-electron chi connectivity index (χ2n) is 5.05. The van der Waals surface area contributed by atoms with Gasteiger partial charge >= 0.3 is 0 Å². The lowest BCUT2D eigenvalue weighted by atomic mass is 10.2. The SMILES string of the molecule is CC(=O)N(CC(=O)Nc1cccc(Cl)c1C)c1cccc(Br)c1. The van der Waals surface area contributed by atoms with E-state index >= 15 is 0 Å². The van der Waals surface area contributed by atoms with Crippen LogP contribution in [0.5, 0.6) is 0 Å². The van der Waals surface area contributed by atoms with Crippen LogP contribution >= 0.6 is 27.5 Å². The minimum absolute atomic E-state index is 0.0717. The van der Waals surface area contributed by atoms with Crippen LogP contribution in [0, 0.1) is 6.92 Å². The number of nitrogens with zero attached hydrogens (tertiary/aromatic N) is 1. The van der Waals surface area contributed by atoms with E-state index in [1.807, 2.05) is 19.1 Å². The fourth-order valence-electron chi connectivity index (χ4n) is 2.10. The molecule has 0 fully saturated rings. The van der Waals surface area contributed by atoms with E-state index in [1.165, 1.54) is 11.8 Å². The zero-order chi connectivity index (χ0) is 17.0. The molecule has 0 saturated carbocycles. The molecular weight excluding hydrogens is 380 g/mol. The molecule has 0 spiro atoms. The fraction of sp³-hybridized carbons (Fsp3) is 0.176. The molecule has 2 rings (SSSR count). The van der Waals surface area contributed by atoms with Crippen molar-refractivity contribution in [2.75, 3.05) is 16.8 Å². The van der Waals surface area contributed by atoms with Crippen LogP contribution in [0.25, 0.3) is 0 Å². The number of halogens is 2. The van der Waals surface area contributed by atoms with Crippen molar-refractivity contribution < 1.29 is 9.59 Å². The van der Waals surface area contributed by atoms with Crippen LogP contribution < -0.4 is 10.2 Å². The van der Waals surface area contributed by atoms with Crippen molar-refractivity contribution in [3.8, 4) is 0 Å². The van der Waals surface area contributed by atoms with Crippen LogP contribution in [0.2, 0.25) is 5.02 Å². The third-order valence-corrected chi connectivity index (χ3v) is 4.25. The summed E-state index contributed by atoms with van der Waals surface area (Å²) in [7, 11) is 0. The molecule has 0 saturated heterocycles. The van der Waals surface area contributed by atoms with E-state index in [4.69, 9.17) is 11.6 Å². The van der Waals surface area contributed by atoms with Gasteiger partial charge in [0.15, 0.2) is 0 Å². The maximum absolute atomic E-state index is 12.3. The monoisotopic (exact) mass is 394 g/mol. The van der Waals surface area contributed by atoms with Gasteiger partial charge in [-0.25, -0.2) is 0 Å². The Hall–Kier alpha value is -1.85. The van der Waals surface area contributed by atoms with Crippen LogP contribution in [0.1, 0.15) is 12.5 Å². The largest absolute Gasteiger partial charge is 0.324 e. The summed E-state index contributed by atoms with van der Waals surface area (Å²) in [5, 5.41) is 3.37. The van der Waals surface area contributed by atoms with E-state index in [9.17, 15) is 9.59 Å². The molecule has 2 aromatic carbocycles. The number of nitrogens with one attached hydrogen (secondary N) is 1. The van der Waals surface area contributed by atoms with Crippen LogP contribution in [0.4, 0.5) is 11.4 Å². The second kappa shape index (κ2) is 7.62.